The Balaban J connectivity index is 1.74. The summed E-state index contributed by atoms with van der Waals surface area (Å²) in [7, 11) is 0. The lowest BCUT2D eigenvalue weighted by molar-refractivity contribution is -0.577. The van der Waals surface area contributed by atoms with Gasteiger partial charge in [-0.25, -0.2) is 4.68 Å². The molecular weight excluding hydrogens is 456 g/mol. The lowest BCUT2D eigenvalue weighted by Gasteiger charge is -2.18. The van der Waals surface area contributed by atoms with Gasteiger partial charge in [0.05, 0.1) is 23.9 Å². The van der Waals surface area contributed by atoms with Crippen LogP contribution in [0.1, 0.15) is 55.0 Å². The number of benzene rings is 1. The summed E-state index contributed by atoms with van der Waals surface area (Å²) in [6.45, 7) is 8.65. The normalized spacial score (nSPS) is 18.2. The van der Waals surface area contributed by atoms with Crippen molar-refractivity contribution in [2.45, 2.75) is 52.6 Å². The van der Waals surface area contributed by atoms with Gasteiger partial charge in [0.25, 0.3) is 17.2 Å². The molecule has 0 aliphatic carbocycles. The third-order valence-corrected chi connectivity index (χ3v) is 7.01. The largest absolute Gasteiger partial charge is 0.376 e. The van der Waals surface area contributed by atoms with Crippen LogP contribution in [-0.2, 0) is 14.3 Å². The van der Waals surface area contributed by atoms with Crippen molar-refractivity contribution in [3.05, 3.63) is 81.5 Å². The summed E-state index contributed by atoms with van der Waals surface area (Å²) in [6, 6.07) is 11.1. The number of H-pyrrole nitrogens is 1. The molecule has 8 heteroatoms. The molecule has 4 heterocycles. The quantitative estimate of drug-likeness (QED) is 0.428. The lowest BCUT2D eigenvalue weighted by Crippen LogP contribution is -2.42. The van der Waals surface area contributed by atoms with Gasteiger partial charge in [0.15, 0.2) is 12.4 Å². The first-order chi connectivity index (χ1) is 17.3. The van der Waals surface area contributed by atoms with E-state index in [-0.39, 0.29) is 41.0 Å². The molecule has 36 heavy (non-hydrogen) atoms. The Morgan fingerprint density at radius 1 is 1.06 bits per heavy atom. The molecule has 1 saturated heterocycles. The average Bonchev–Trinajstić information content (AvgIpc) is 3.55. The number of hydrogen-bond donors (Lipinski definition) is 1. The van der Waals surface area contributed by atoms with Crippen LogP contribution in [0.4, 0.5) is 0 Å². The molecule has 3 aromatic rings. The molecule has 2 amide bonds. The molecular formula is C28H31N4O4+. The van der Waals surface area contributed by atoms with Crippen molar-refractivity contribution >= 4 is 23.1 Å². The van der Waals surface area contributed by atoms with Crippen LogP contribution in [0.15, 0.2) is 53.6 Å². The van der Waals surface area contributed by atoms with Crippen molar-refractivity contribution in [1.82, 2.24) is 14.7 Å². The molecule has 1 N–H and O–H groups in total. The molecule has 0 bridgehead atoms. The molecule has 5 rings (SSSR count). The minimum atomic E-state index is -0.463. The summed E-state index contributed by atoms with van der Waals surface area (Å²) in [5.74, 6) is -0.971. The molecule has 1 fully saturated rings. The Labute approximate surface area is 209 Å². The number of amides is 2. The number of pyridine rings is 1. The van der Waals surface area contributed by atoms with Crippen molar-refractivity contribution in [3.63, 3.8) is 0 Å². The number of imide groups is 1. The number of aromatic amines is 1. The van der Waals surface area contributed by atoms with E-state index in [1.54, 1.807) is 10.8 Å². The van der Waals surface area contributed by atoms with Crippen LogP contribution in [0.25, 0.3) is 17.0 Å². The predicted octanol–water partition coefficient (Wildman–Crippen LogP) is 3.11. The van der Waals surface area contributed by atoms with E-state index in [1.165, 1.54) is 9.58 Å². The van der Waals surface area contributed by atoms with Crippen LogP contribution in [0, 0.1) is 13.8 Å². The number of para-hydroxylation sites is 1. The molecule has 186 valence electrons. The number of aryl methyl sites for hydroxylation is 2. The van der Waals surface area contributed by atoms with Gasteiger partial charge in [0.2, 0.25) is 0 Å². The summed E-state index contributed by atoms with van der Waals surface area (Å²) in [4.78, 5) is 42.8. The van der Waals surface area contributed by atoms with Crippen molar-refractivity contribution in [2.75, 3.05) is 13.2 Å². The molecule has 2 aliphatic rings. The maximum atomic E-state index is 13.9. The zero-order valence-corrected chi connectivity index (χ0v) is 21.1. The topological polar surface area (TPSA) is 88.3 Å². The van der Waals surface area contributed by atoms with E-state index in [9.17, 15) is 14.4 Å². The fourth-order valence-corrected chi connectivity index (χ4v) is 4.87. The fourth-order valence-electron chi connectivity index (χ4n) is 4.87. The summed E-state index contributed by atoms with van der Waals surface area (Å²) in [6.07, 6.45) is 5.11. The van der Waals surface area contributed by atoms with E-state index in [4.69, 9.17) is 4.74 Å². The van der Waals surface area contributed by atoms with E-state index in [0.717, 1.165) is 24.0 Å². The highest BCUT2D eigenvalue weighted by atomic mass is 16.5. The third kappa shape index (κ3) is 4.01. The number of hydrogen-bond acceptors (Lipinski definition) is 4. The van der Waals surface area contributed by atoms with Crippen molar-refractivity contribution in [1.29, 1.82) is 0 Å². The maximum absolute atomic E-state index is 13.9. The van der Waals surface area contributed by atoms with Crippen molar-refractivity contribution in [2.24, 2.45) is 0 Å². The van der Waals surface area contributed by atoms with Gasteiger partial charge in [-0.15, -0.1) is 0 Å². The highest BCUT2D eigenvalue weighted by molar-refractivity contribution is 6.44. The second-order valence-corrected chi connectivity index (χ2v) is 9.83. The lowest BCUT2D eigenvalue weighted by atomic mass is 9.98. The highest BCUT2D eigenvalue weighted by Gasteiger charge is 2.48. The molecule has 1 unspecified atom stereocenters. The van der Waals surface area contributed by atoms with Gasteiger partial charge in [0, 0.05) is 23.9 Å². The summed E-state index contributed by atoms with van der Waals surface area (Å²) in [5.41, 5.74) is 3.51. The van der Waals surface area contributed by atoms with Crippen LogP contribution < -0.4 is 10.1 Å². The second kappa shape index (κ2) is 9.35. The summed E-state index contributed by atoms with van der Waals surface area (Å²) < 4.78 is 8.86. The Kier molecular flexibility index (Phi) is 6.22. The molecule has 2 aromatic heterocycles. The second-order valence-electron chi connectivity index (χ2n) is 9.83. The van der Waals surface area contributed by atoms with Gasteiger partial charge in [-0.3, -0.25) is 24.4 Å². The number of carbonyl (C=O) groups is 2. The van der Waals surface area contributed by atoms with Crippen LogP contribution in [0.5, 0.6) is 0 Å². The SMILES string of the molecule is Cc1cc[n+](C2=C(c3c(C(C)C)[nH]n(-c4ccccc4)c3=O)C(=O)N(CC3CCCO3)C2=O)cc1C. The zero-order valence-electron chi connectivity index (χ0n) is 21.1. The van der Waals surface area contributed by atoms with E-state index >= 15 is 0 Å². The smallest absolute Gasteiger partial charge is 0.327 e. The Morgan fingerprint density at radius 2 is 1.81 bits per heavy atom. The molecule has 8 nitrogen and oxygen atoms in total. The van der Waals surface area contributed by atoms with Gasteiger partial charge in [-0.05, 0) is 50.3 Å². The minimum absolute atomic E-state index is 0.0914. The standard InChI is InChI=1S/C28H30N4O4/c1-17(2)24-22(27(34)32(29-24)20-9-6-5-7-10-20)23-25(30-13-12-18(3)19(4)15-30)28(35)31(26(23)33)16-21-11-8-14-36-21/h5-7,9-10,12-13,15,17,21H,8,11,14,16H2,1-4H3/p+1. The average molecular weight is 488 g/mol. The number of nitrogens with zero attached hydrogens (tertiary/aromatic N) is 3. The number of nitrogens with one attached hydrogen (secondary N) is 1. The van der Waals surface area contributed by atoms with E-state index < -0.39 is 11.8 Å². The van der Waals surface area contributed by atoms with Crippen molar-refractivity contribution in [3.8, 4) is 5.69 Å². The van der Waals surface area contributed by atoms with Crippen LogP contribution in [0.2, 0.25) is 0 Å². The fraction of sp³-hybridized carbons (Fsp3) is 0.357. The third-order valence-electron chi connectivity index (χ3n) is 7.01. The Hall–Kier alpha value is -3.78. The van der Waals surface area contributed by atoms with Crippen LogP contribution in [0.3, 0.4) is 0 Å². The van der Waals surface area contributed by atoms with Gasteiger partial charge in [-0.1, -0.05) is 32.0 Å². The van der Waals surface area contributed by atoms with Crippen molar-refractivity contribution < 1.29 is 18.9 Å². The first kappa shape index (κ1) is 23.9. The first-order valence-electron chi connectivity index (χ1n) is 12.4. The van der Waals surface area contributed by atoms with E-state index in [2.05, 4.69) is 5.10 Å². The van der Waals surface area contributed by atoms with Gasteiger partial charge in [-0.2, -0.15) is 4.57 Å². The van der Waals surface area contributed by atoms with E-state index in [1.807, 2.05) is 70.3 Å². The zero-order chi connectivity index (χ0) is 25.6. The Morgan fingerprint density at radius 3 is 2.44 bits per heavy atom. The molecule has 1 aromatic carbocycles. The number of rotatable bonds is 6. The summed E-state index contributed by atoms with van der Waals surface area (Å²) >= 11 is 0. The number of aromatic nitrogens is 3. The molecule has 0 saturated carbocycles. The van der Waals surface area contributed by atoms with E-state index in [0.29, 0.717) is 18.0 Å². The maximum Gasteiger partial charge on any atom is 0.327 e. The molecule has 0 radical (unpaired) electrons. The number of ether oxygens (including phenoxy) is 1. The number of carbonyl (C=O) groups excluding carboxylic acids is 2. The predicted molar refractivity (Wildman–Crippen MR) is 135 cm³/mol. The molecule has 1 atom stereocenters. The van der Waals surface area contributed by atoms with Gasteiger partial charge >= 0.3 is 5.91 Å². The van der Waals surface area contributed by atoms with Gasteiger partial charge < -0.3 is 4.74 Å². The Bertz CT molecular complexity index is 1430. The minimum Gasteiger partial charge on any atom is -0.376 e. The highest BCUT2D eigenvalue weighted by Crippen LogP contribution is 2.33. The molecule has 2 aliphatic heterocycles. The first-order valence-corrected chi connectivity index (χ1v) is 12.4. The van der Waals surface area contributed by atoms with Crippen LogP contribution in [-0.4, -0.2) is 45.8 Å². The monoisotopic (exact) mass is 487 g/mol. The van der Waals surface area contributed by atoms with Crippen LogP contribution >= 0.6 is 0 Å². The van der Waals surface area contributed by atoms with Gasteiger partial charge in [0.1, 0.15) is 5.57 Å². The molecule has 0 spiro atoms. The summed E-state index contributed by atoms with van der Waals surface area (Å²) in [5, 5.41) is 3.21.